The second kappa shape index (κ2) is 2.72. The van der Waals surface area contributed by atoms with Crippen LogP contribution in [-0.2, 0) is 0 Å². The van der Waals surface area contributed by atoms with Crippen molar-refractivity contribution < 1.29 is 0 Å². The lowest BCUT2D eigenvalue weighted by molar-refractivity contribution is 0.668. The van der Waals surface area contributed by atoms with Crippen molar-refractivity contribution in [2.45, 2.75) is 0 Å². The summed E-state index contributed by atoms with van der Waals surface area (Å²) in [6, 6.07) is 0. The Morgan fingerprint density at radius 1 is 1.33 bits per heavy atom. The summed E-state index contributed by atoms with van der Waals surface area (Å²) in [5, 5.41) is 0. The first kappa shape index (κ1) is 6.60. The predicted octanol–water partition coefficient (Wildman–Crippen LogP) is 1.01. The van der Waals surface area contributed by atoms with E-state index in [0.29, 0.717) is 0 Å². The maximum atomic E-state index is 5.30. The monoisotopic (exact) mass is 125 g/mol. The fraction of sp³-hybridized carbons (Fsp3) is 1.00. The Morgan fingerprint density at radius 3 is 1.50 bits per heavy atom. The molecule has 0 atom stereocenters. The molecule has 0 spiro atoms. The van der Waals surface area contributed by atoms with Gasteiger partial charge in [0.1, 0.15) is 0 Å². The first-order chi connectivity index (χ1) is 2.64. The van der Waals surface area contributed by atoms with Crippen LogP contribution in [0.2, 0.25) is 0 Å². The van der Waals surface area contributed by atoms with Crippen LogP contribution in [0.25, 0.3) is 0 Å². The summed E-state index contributed by atoms with van der Waals surface area (Å²) in [4.78, 5) is 1.70. The molecule has 0 aromatic carbocycles. The Labute approximate surface area is 48.1 Å². The van der Waals surface area contributed by atoms with E-state index in [9.17, 15) is 0 Å². The predicted molar refractivity (Wildman–Crippen MR) is 31.1 cm³/mol. The molecule has 0 N–H and O–H groups in total. The molecule has 1 nitrogen and oxygen atoms in total. The molecule has 0 aliphatic rings. The third kappa shape index (κ3) is 2.82. The first-order valence-electron chi connectivity index (χ1n) is 1.59. The molecule has 0 aliphatic heterocycles. The molecule has 0 bridgehead atoms. The van der Waals surface area contributed by atoms with E-state index < -0.39 is 0 Å². The number of rotatable bonds is 1. The van der Waals surface area contributed by atoms with Crippen molar-refractivity contribution >= 4 is 28.6 Å². The highest BCUT2D eigenvalue weighted by Crippen LogP contribution is 1.95. The van der Waals surface area contributed by atoms with Gasteiger partial charge in [0.15, 0.2) is 0 Å². The van der Waals surface area contributed by atoms with Crippen LogP contribution >= 0.6 is 22.9 Å². The zero-order valence-electron chi connectivity index (χ0n) is 3.78. The van der Waals surface area contributed by atoms with Crippen molar-refractivity contribution in [3.8, 4) is 0 Å². The van der Waals surface area contributed by atoms with Gasteiger partial charge in [0.05, 0.1) is 0 Å². The first-order valence-corrected chi connectivity index (χ1v) is 2.46. The average Bonchev–Trinajstić information content (AvgIpc) is 1.36. The van der Waals surface area contributed by atoms with Crippen LogP contribution in [0, 0.1) is 0 Å². The lowest BCUT2D eigenvalue weighted by Crippen LogP contribution is -2.20. The third-order valence-corrected chi connectivity index (χ3v) is 1.17. The summed E-state index contributed by atoms with van der Waals surface area (Å²) >= 11 is 10.6. The van der Waals surface area contributed by atoms with E-state index in [1.165, 1.54) is 0 Å². The van der Waals surface area contributed by atoms with Crippen LogP contribution in [0.5, 0.6) is 0 Å². The molecule has 0 fully saturated rings. The largest absolute Gasteiger partial charge is 0.434 e. The van der Waals surface area contributed by atoms with Crippen LogP contribution in [0.1, 0.15) is 0 Å². The Morgan fingerprint density at radius 2 is 1.50 bits per heavy atom. The van der Waals surface area contributed by atoms with Gasteiger partial charge in [-0.05, 0) is 14.1 Å². The molecule has 0 heterocycles. The number of halogens is 2. The summed E-state index contributed by atoms with van der Waals surface area (Å²) in [6.07, 6.45) is 0. The van der Waals surface area contributed by atoms with Gasteiger partial charge in [0, 0.05) is 0 Å². The molecule has 0 saturated carbocycles. The van der Waals surface area contributed by atoms with Gasteiger partial charge in [0.2, 0.25) is 0 Å². The standard InChI is InChI=1S/C2H6BCl2N/c1-6(2)3(4)5/h1-2H3. The molecule has 6 heavy (non-hydrogen) atoms. The van der Waals surface area contributed by atoms with Gasteiger partial charge in [0.25, 0.3) is 0 Å². The molecule has 4 heteroatoms. The Bertz CT molecular complexity index is 32.5. The average molecular weight is 126 g/mol. The summed E-state index contributed by atoms with van der Waals surface area (Å²) < 4.78 is 0. The van der Waals surface area contributed by atoms with Gasteiger partial charge >= 0.3 is 5.68 Å². The van der Waals surface area contributed by atoms with Gasteiger partial charge in [-0.15, -0.1) is 22.9 Å². The molecule has 0 radical (unpaired) electrons. The lowest BCUT2D eigenvalue weighted by atomic mass is 10.3. The molecule has 0 aromatic heterocycles. The maximum Gasteiger partial charge on any atom is 0.434 e. The van der Waals surface area contributed by atoms with Crippen molar-refractivity contribution in [1.29, 1.82) is 0 Å². The summed E-state index contributed by atoms with van der Waals surface area (Å²) in [7, 11) is 3.62. The second-order valence-electron chi connectivity index (χ2n) is 1.24. The van der Waals surface area contributed by atoms with Crippen LogP contribution < -0.4 is 0 Å². The van der Waals surface area contributed by atoms with Crippen LogP contribution in [-0.4, -0.2) is 24.6 Å². The molecule has 0 saturated heterocycles. The zero-order valence-corrected chi connectivity index (χ0v) is 5.29. The zero-order chi connectivity index (χ0) is 5.15. The number of hydrogen-bond acceptors (Lipinski definition) is 1. The summed E-state index contributed by atoms with van der Waals surface area (Å²) in [5.74, 6) is 0. The second-order valence-corrected chi connectivity index (χ2v) is 2.29. The smallest absolute Gasteiger partial charge is 0.320 e. The molecule has 0 rings (SSSR count). The topological polar surface area (TPSA) is 3.24 Å². The minimum absolute atomic E-state index is 0.370. The van der Waals surface area contributed by atoms with E-state index in [1.807, 2.05) is 14.1 Å². The minimum atomic E-state index is -0.370. The Balaban J connectivity index is 2.99. The minimum Gasteiger partial charge on any atom is -0.320 e. The van der Waals surface area contributed by atoms with Crippen LogP contribution in [0.3, 0.4) is 0 Å². The summed E-state index contributed by atoms with van der Waals surface area (Å²) in [6.45, 7) is 0. The van der Waals surface area contributed by atoms with Crippen LogP contribution in [0.15, 0.2) is 0 Å². The summed E-state index contributed by atoms with van der Waals surface area (Å²) in [5.41, 5.74) is -0.370. The van der Waals surface area contributed by atoms with Crippen molar-refractivity contribution in [3.63, 3.8) is 0 Å². The lowest BCUT2D eigenvalue weighted by Gasteiger charge is -2.03. The number of nitrogens with zero attached hydrogens (tertiary/aromatic N) is 1. The maximum absolute atomic E-state index is 5.30. The molecule has 36 valence electrons. The molecule has 0 aromatic rings. The third-order valence-electron chi connectivity index (χ3n) is 0.390. The van der Waals surface area contributed by atoms with E-state index in [1.54, 1.807) is 4.81 Å². The molecule has 0 unspecified atom stereocenters. The SMILES string of the molecule is CN(C)B(Cl)Cl. The highest BCUT2D eigenvalue weighted by Gasteiger charge is 2.05. The van der Waals surface area contributed by atoms with E-state index in [-0.39, 0.29) is 5.68 Å². The molecular formula is C2H6BCl2N. The van der Waals surface area contributed by atoms with E-state index in [4.69, 9.17) is 22.9 Å². The Kier molecular flexibility index (Phi) is 3.00. The Hall–Kier alpha value is 0.605. The van der Waals surface area contributed by atoms with Crippen molar-refractivity contribution in [3.05, 3.63) is 0 Å². The van der Waals surface area contributed by atoms with E-state index in [0.717, 1.165) is 0 Å². The molecule has 0 aliphatic carbocycles. The fourth-order valence-corrected chi connectivity index (χ4v) is 0. The highest BCUT2D eigenvalue weighted by molar-refractivity contribution is 7.32. The highest BCUT2D eigenvalue weighted by atomic mass is 35.5. The van der Waals surface area contributed by atoms with Gasteiger partial charge in [-0.3, -0.25) is 0 Å². The van der Waals surface area contributed by atoms with Gasteiger partial charge < -0.3 is 4.81 Å². The van der Waals surface area contributed by atoms with Gasteiger partial charge in [-0.25, -0.2) is 0 Å². The fourth-order valence-electron chi connectivity index (χ4n) is 0. The van der Waals surface area contributed by atoms with Crippen molar-refractivity contribution in [2.75, 3.05) is 14.1 Å². The number of hydrogen-bond donors (Lipinski definition) is 0. The normalized spacial score (nSPS) is 9.50. The van der Waals surface area contributed by atoms with Crippen molar-refractivity contribution in [1.82, 2.24) is 4.81 Å². The van der Waals surface area contributed by atoms with E-state index >= 15 is 0 Å². The van der Waals surface area contributed by atoms with E-state index in [2.05, 4.69) is 0 Å². The quantitative estimate of drug-likeness (QED) is 0.473. The molecule has 0 amide bonds. The van der Waals surface area contributed by atoms with Gasteiger partial charge in [-0.1, -0.05) is 0 Å². The van der Waals surface area contributed by atoms with Crippen molar-refractivity contribution in [2.24, 2.45) is 0 Å². The van der Waals surface area contributed by atoms with Gasteiger partial charge in [-0.2, -0.15) is 0 Å². The van der Waals surface area contributed by atoms with Crippen LogP contribution in [0.4, 0.5) is 0 Å². The molecular weight excluding hydrogens is 120 g/mol.